The van der Waals surface area contributed by atoms with Crippen LogP contribution in [-0.2, 0) is 0 Å². The Morgan fingerprint density at radius 2 is 2.11 bits per heavy atom. The lowest BCUT2D eigenvalue weighted by molar-refractivity contribution is 0.161. The van der Waals surface area contributed by atoms with Gasteiger partial charge in [-0.05, 0) is 12.5 Å². The molecule has 19 heavy (non-hydrogen) atoms. The van der Waals surface area contributed by atoms with E-state index >= 15 is 0 Å². The topological polar surface area (TPSA) is 44.7 Å². The molecule has 4 nitrogen and oxygen atoms in total. The van der Waals surface area contributed by atoms with Gasteiger partial charge < -0.3 is 15.2 Å². The average Bonchev–Trinajstić information content (AvgIpc) is 2.46. The van der Waals surface area contributed by atoms with Crippen molar-refractivity contribution < 1.29 is 9.84 Å². The van der Waals surface area contributed by atoms with Crippen molar-refractivity contribution in [3.05, 3.63) is 23.8 Å². The summed E-state index contributed by atoms with van der Waals surface area (Å²) in [6, 6.07) is 6.06. The number of ether oxygens (including phenoxy) is 1. The van der Waals surface area contributed by atoms with E-state index < -0.39 is 0 Å². The summed E-state index contributed by atoms with van der Waals surface area (Å²) in [4.78, 5) is 2.45. The van der Waals surface area contributed by atoms with Gasteiger partial charge in [0.25, 0.3) is 0 Å². The quantitative estimate of drug-likeness (QED) is 0.855. The number of nitrogens with zero attached hydrogens (tertiary/aromatic N) is 1. The number of rotatable bonds is 5. The van der Waals surface area contributed by atoms with Gasteiger partial charge in [-0.15, -0.1) is 0 Å². The lowest BCUT2D eigenvalue weighted by Crippen LogP contribution is -2.45. The number of piperazine rings is 1. The number of aromatic hydroxyl groups is 1. The fourth-order valence-electron chi connectivity index (χ4n) is 2.77. The number of nitrogens with one attached hydrogen (secondary N) is 1. The molecule has 0 unspecified atom stereocenters. The average molecular weight is 264 g/mol. The molecule has 0 aromatic heterocycles. The summed E-state index contributed by atoms with van der Waals surface area (Å²) in [6.07, 6.45) is 2.16. The second-order valence-corrected chi connectivity index (χ2v) is 4.99. The number of phenols is 1. The minimum Gasteiger partial charge on any atom is -0.504 e. The van der Waals surface area contributed by atoms with E-state index in [-0.39, 0.29) is 6.04 Å². The fourth-order valence-corrected chi connectivity index (χ4v) is 2.77. The van der Waals surface area contributed by atoms with Gasteiger partial charge in [-0.25, -0.2) is 0 Å². The molecule has 1 aromatic rings. The summed E-state index contributed by atoms with van der Waals surface area (Å²) in [6.45, 7) is 6.28. The zero-order valence-corrected chi connectivity index (χ0v) is 11.9. The number of hydrogen-bond acceptors (Lipinski definition) is 4. The van der Waals surface area contributed by atoms with Crippen molar-refractivity contribution in [2.75, 3.05) is 33.3 Å². The van der Waals surface area contributed by atoms with Gasteiger partial charge in [0.1, 0.15) is 0 Å². The third-order valence-corrected chi connectivity index (χ3v) is 3.76. The molecule has 1 fully saturated rings. The van der Waals surface area contributed by atoms with Crippen LogP contribution in [0.3, 0.4) is 0 Å². The Bertz CT molecular complexity index is 403. The molecular formula is C15H24N2O2. The minimum atomic E-state index is 0.280. The molecule has 1 heterocycles. The molecule has 0 spiro atoms. The molecular weight excluding hydrogens is 240 g/mol. The predicted molar refractivity (Wildman–Crippen MR) is 76.8 cm³/mol. The first-order chi connectivity index (χ1) is 9.27. The van der Waals surface area contributed by atoms with Crippen molar-refractivity contribution in [1.29, 1.82) is 0 Å². The van der Waals surface area contributed by atoms with Gasteiger partial charge in [-0.3, -0.25) is 4.90 Å². The molecule has 0 saturated carbocycles. The van der Waals surface area contributed by atoms with Crippen LogP contribution in [0.1, 0.15) is 31.4 Å². The van der Waals surface area contributed by atoms with E-state index in [9.17, 15) is 5.11 Å². The van der Waals surface area contributed by atoms with Gasteiger partial charge in [0, 0.05) is 37.8 Å². The smallest absolute Gasteiger partial charge is 0.162 e. The van der Waals surface area contributed by atoms with Crippen LogP contribution in [0.4, 0.5) is 0 Å². The van der Waals surface area contributed by atoms with Gasteiger partial charge >= 0.3 is 0 Å². The highest BCUT2D eigenvalue weighted by Gasteiger charge is 2.24. The van der Waals surface area contributed by atoms with Crippen LogP contribution >= 0.6 is 0 Å². The SMILES string of the molecule is CCC[C@H](c1cccc(OC)c1O)N1CCNCC1. The summed E-state index contributed by atoms with van der Waals surface area (Å²) in [5.74, 6) is 0.857. The Balaban J connectivity index is 2.27. The predicted octanol–water partition coefficient (Wildman–Crippen LogP) is 2.15. The van der Waals surface area contributed by atoms with Gasteiger partial charge in [-0.1, -0.05) is 25.5 Å². The molecule has 4 heteroatoms. The zero-order chi connectivity index (χ0) is 13.7. The van der Waals surface area contributed by atoms with Gasteiger partial charge in [0.15, 0.2) is 11.5 Å². The Hall–Kier alpha value is -1.26. The Morgan fingerprint density at radius 1 is 1.37 bits per heavy atom. The number of phenolic OH excluding ortho intramolecular Hbond substituents is 1. The van der Waals surface area contributed by atoms with Crippen LogP contribution in [0, 0.1) is 0 Å². The largest absolute Gasteiger partial charge is 0.504 e. The first-order valence-corrected chi connectivity index (χ1v) is 7.08. The molecule has 1 aromatic carbocycles. The standard InChI is InChI=1S/C15H24N2O2/c1-3-5-13(17-10-8-16-9-11-17)12-6-4-7-14(19-2)15(12)18/h4,6-7,13,16,18H,3,5,8-11H2,1-2H3/t13-/m1/s1. The number of hydrogen-bond donors (Lipinski definition) is 2. The van der Waals surface area contributed by atoms with Crippen molar-refractivity contribution in [3.63, 3.8) is 0 Å². The van der Waals surface area contributed by atoms with Crippen LogP contribution in [0.5, 0.6) is 11.5 Å². The lowest BCUT2D eigenvalue weighted by Gasteiger charge is -2.35. The van der Waals surface area contributed by atoms with Crippen molar-refractivity contribution in [2.45, 2.75) is 25.8 Å². The van der Waals surface area contributed by atoms with Gasteiger partial charge in [0.05, 0.1) is 7.11 Å². The van der Waals surface area contributed by atoms with Crippen molar-refractivity contribution in [3.8, 4) is 11.5 Å². The summed E-state index contributed by atoms with van der Waals surface area (Å²) in [5.41, 5.74) is 0.989. The Kier molecular flexibility index (Phi) is 5.05. The molecule has 0 radical (unpaired) electrons. The normalized spacial score (nSPS) is 18.2. The second-order valence-electron chi connectivity index (χ2n) is 4.99. The van der Waals surface area contributed by atoms with E-state index in [0.717, 1.165) is 44.6 Å². The maximum Gasteiger partial charge on any atom is 0.162 e. The van der Waals surface area contributed by atoms with Crippen molar-refractivity contribution >= 4 is 0 Å². The van der Waals surface area contributed by atoms with Gasteiger partial charge in [-0.2, -0.15) is 0 Å². The zero-order valence-electron chi connectivity index (χ0n) is 11.9. The van der Waals surface area contributed by atoms with E-state index in [1.54, 1.807) is 13.2 Å². The van der Waals surface area contributed by atoms with Crippen LogP contribution < -0.4 is 10.1 Å². The first-order valence-electron chi connectivity index (χ1n) is 7.08. The summed E-state index contributed by atoms with van der Waals surface area (Å²) in [7, 11) is 1.60. The summed E-state index contributed by atoms with van der Waals surface area (Å²) >= 11 is 0. The Morgan fingerprint density at radius 3 is 2.74 bits per heavy atom. The number of para-hydroxylation sites is 1. The maximum absolute atomic E-state index is 10.3. The van der Waals surface area contributed by atoms with Crippen LogP contribution in [0.15, 0.2) is 18.2 Å². The number of methoxy groups -OCH3 is 1. The monoisotopic (exact) mass is 264 g/mol. The van der Waals surface area contributed by atoms with Crippen molar-refractivity contribution in [1.82, 2.24) is 10.2 Å². The molecule has 1 saturated heterocycles. The molecule has 106 valence electrons. The van der Waals surface area contributed by atoms with E-state index in [1.807, 2.05) is 12.1 Å². The second kappa shape index (κ2) is 6.78. The lowest BCUT2D eigenvalue weighted by atomic mass is 9.98. The molecule has 0 aliphatic carbocycles. The maximum atomic E-state index is 10.3. The van der Waals surface area contributed by atoms with E-state index in [0.29, 0.717) is 11.5 Å². The van der Waals surface area contributed by atoms with Crippen LogP contribution in [0.25, 0.3) is 0 Å². The third-order valence-electron chi connectivity index (χ3n) is 3.76. The third kappa shape index (κ3) is 3.19. The van der Waals surface area contributed by atoms with E-state index in [2.05, 4.69) is 17.1 Å². The molecule has 1 aliphatic heterocycles. The van der Waals surface area contributed by atoms with Gasteiger partial charge in [0.2, 0.25) is 0 Å². The summed E-state index contributed by atoms with van der Waals surface area (Å²) in [5, 5.41) is 13.7. The van der Waals surface area contributed by atoms with Crippen LogP contribution in [0.2, 0.25) is 0 Å². The van der Waals surface area contributed by atoms with Crippen LogP contribution in [-0.4, -0.2) is 43.3 Å². The fraction of sp³-hybridized carbons (Fsp3) is 0.600. The Labute approximate surface area is 115 Å². The minimum absolute atomic E-state index is 0.280. The highest BCUT2D eigenvalue weighted by Crippen LogP contribution is 2.37. The van der Waals surface area contributed by atoms with E-state index in [4.69, 9.17) is 4.74 Å². The van der Waals surface area contributed by atoms with Crippen molar-refractivity contribution in [2.24, 2.45) is 0 Å². The molecule has 2 rings (SSSR count). The highest BCUT2D eigenvalue weighted by molar-refractivity contribution is 5.46. The molecule has 0 amide bonds. The molecule has 2 N–H and O–H groups in total. The first kappa shape index (κ1) is 14.2. The van der Waals surface area contributed by atoms with E-state index in [1.165, 1.54) is 0 Å². The molecule has 1 aliphatic rings. The highest BCUT2D eigenvalue weighted by atomic mass is 16.5. The molecule has 1 atom stereocenters. The number of benzene rings is 1. The summed E-state index contributed by atoms with van der Waals surface area (Å²) < 4.78 is 5.22. The molecule has 0 bridgehead atoms.